The first kappa shape index (κ1) is 20.8. The Labute approximate surface area is 173 Å². The van der Waals surface area contributed by atoms with Gasteiger partial charge in [-0.05, 0) is 41.5 Å². The fourth-order valence-corrected chi connectivity index (χ4v) is 3.68. The van der Waals surface area contributed by atoms with Crippen molar-refractivity contribution in [1.29, 1.82) is 0 Å². The van der Waals surface area contributed by atoms with E-state index in [0.717, 1.165) is 16.8 Å². The first-order valence-corrected chi connectivity index (χ1v) is 10.3. The third-order valence-corrected chi connectivity index (χ3v) is 5.39. The van der Waals surface area contributed by atoms with Gasteiger partial charge >= 0.3 is 0 Å². The molecule has 0 atom stereocenters. The van der Waals surface area contributed by atoms with Crippen molar-refractivity contribution in [3.05, 3.63) is 71.8 Å². The quantitative estimate of drug-likeness (QED) is 0.757. The van der Waals surface area contributed by atoms with Crippen LogP contribution in [0.25, 0.3) is 6.08 Å². The molecule has 1 aliphatic heterocycles. The Morgan fingerprint density at radius 3 is 2.24 bits per heavy atom. The van der Waals surface area contributed by atoms with Crippen LogP contribution in [-0.4, -0.2) is 29.8 Å². The highest BCUT2D eigenvalue weighted by Gasteiger charge is 2.27. The Hall–Kier alpha value is -2.88. The van der Waals surface area contributed by atoms with Gasteiger partial charge in [0.2, 0.25) is 11.8 Å². The number of likely N-dealkylation sites (tertiary alicyclic amines) is 1. The lowest BCUT2D eigenvalue weighted by molar-refractivity contribution is -0.130. The van der Waals surface area contributed by atoms with Gasteiger partial charge in [0.25, 0.3) is 0 Å². The minimum atomic E-state index is -0.0647. The topological polar surface area (TPSA) is 49.4 Å². The van der Waals surface area contributed by atoms with Gasteiger partial charge in [-0.25, -0.2) is 0 Å². The van der Waals surface area contributed by atoms with E-state index in [1.807, 2.05) is 59.5 Å². The molecule has 1 heterocycles. The monoisotopic (exact) mass is 390 g/mol. The van der Waals surface area contributed by atoms with Crippen molar-refractivity contribution < 1.29 is 9.59 Å². The first-order chi connectivity index (χ1) is 13.8. The first-order valence-electron chi connectivity index (χ1n) is 10.3. The van der Waals surface area contributed by atoms with Gasteiger partial charge in [-0.15, -0.1) is 0 Å². The van der Waals surface area contributed by atoms with E-state index in [9.17, 15) is 9.59 Å². The lowest BCUT2D eigenvalue weighted by atomic mass is 9.85. The maximum Gasteiger partial charge on any atom is 0.246 e. The van der Waals surface area contributed by atoms with Gasteiger partial charge in [0.15, 0.2) is 0 Å². The molecule has 0 aromatic heterocycles. The molecule has 1 fully saturated rings. The Kier molecular flexibility index (Phi) is 6.53. The molecule has 0 aliphatic carbocycles. The lowest BCUT2D eigenvalue weighted by Gasteiger charge is -2.31. The van der Waals surface area contributed by atoms with Crippen molar-refractivity contribution in [2.45, 2.75) is 39.0 Å². The summed E-state index contributed by atoms with van der Waals surface area (Å²) in [5, 5.41) is 3.12. The summed E-state index contributed by atoms with van der Waals surface area (Å²) in [6.07, 6.45) is 4.84. The number of hydrogen-bond donors (Lipinski definition) is 1. The molecule has 0 saturated carbocycles. The zero-order valence-corrected chi connectivity index (χ0v) is 17.5. The average molecular weight is 391 g/mol. The van der Waals surface area contributed by atoms with Crippen molar-refractivity contribution in [1.82, 2.24) is 4.90 Å². The van der Waals surface area contributed by atoms with Crippen LogP contribution < -0.4 is 5.32 Å². The van der Waals surface area contributed by atoms with Crippen LogP contribution in [0, 0.1) is 5.92 Å². The van der Waals surface area contributed by atoms with Crippen LogP contribution >= 0.6 is 0 Å². The van der Waals surface area contributed by atoms with Gasteiger partial charge in [0.05, 0.1) is 0 Å². The molecular formula is C25H30N2O2. The second-order valence-electron chi connectivity index (χ2n) is 8.63. The summed E-state index contributed by atoms with van der Waals surface area (Å²) in [7, 11) is 0. The van der Waals surface area contributed by atoms with Gasteiger partial charge in [0, 0.05) is 30.8 Å². The maximum atomic E-state index is 12.8. The number of carbonyl (C=O) groups excluding carboxylic acids is 2. The summed E-state index contributed by atoms with van der Waals surface area (Å²) in [6, 6.07) is 17.8. The smallest absolute Gasteiger partial charge is 0.246 e. The number of piperidine rings is 1. The molecule has 2 aromatic carbocycles. The Bertz CT molecular complexity index is 873. The fraction of sp³-hybridized carbons (Fsp3) is 0.360. The molecule has 4 heteroatoms. The molecule has 29 heavy (non-hydrogen) atoms. The normalized spacial score (nSPS) is 15.5. The predicted molar refractivity (Wildman–Crippen MR) is 119 cm³/mol. The number of benzene rings is 2. The lowest BCUT2D eigenvalue weighted by Crippen LogP contribution is -2.40. The number of nitrogens with zero attached hydrogens (tertiary/aromatic N) is 1. The number of anilines is 1. The highest BCUT2D eigenvalue weighted by Crippen LogP contribution is 2.30. The van der Waals surface area contributed by atoms with Crippen molar-refractivity contribution in [2.24, 2.45) is 5.92 Å². The van der Waals surface area contributed by atoms with Crippen LogP contribution in [0.4, 0.5) is 5.69 Å². The largest absolute Gasteiger partial charge is 0.339 e. The van der Waals surface area contributed by atoms with E-state index in [0.29, 0.717) is 25.9 Å². The predicted octanol–water partition coefficient (Wildman–Crippen LogP) is 4.87. The van der Waals surface area contributed by atoms with Crippen molar-refractivity contribution in [3.8, 4) is 0 Å². The molecule has 2 aromatic rings. The van der Waals surface area contributed by atoms with Gasteiger partial charge in [-0.2, -0.15) is 0 Å². The standard InChI is InChI=1S/C25H30N2O2/c1-25(2,3)21-11-7-8-12-22(21)26-24(29)20-15-17-27(18-16-20)23(28)14-13-19-9-5-4-6-10-19/h4-14,20H,15-18H2,1-3H3,(H,26,29). The molecule has 2 amide bonds. The maximum absolute atomic E-state index is 12.8. The van der Waals surface area contributed by atoms with Gasteiger partial charge in [0.1, 0.15) is 0 Å². The summed E-state index contributed by atoms with van der Waals surface area (Å²) in [5.74, 6) is -0.00964. The zero-order chi connectivity index (χ0) is 20.9. The molecule has 0 spiro atoms. The number of carbonyl (C=O) groups is 2. The van der Waals surface area contributed by atoms with Crippen LogP contribution in [0.3, 0.4) is 0 Å². The van der Waals surface area contributed by atoms with Gasteiger partial charge in [-0.1, -0.05) is 69.3 Å². The summed E-state index contributed by atoms with van der Waals surface area (Å²) in [6.45, 7) is 7.65. The van der Waals surface area contributed by atoms with Gasteiger partial charge in [-0.3, -0.25) is 9.59 Å². The number of para-hydroxylation sites is 1. The number of nitrogens with one attached hydrogen (secondary N) is 1. The third-order valence-electron chi connectivity index (χ3n) is 5.39. The minimum absolute atomic E-state index is 0.00536. The van der Waals surface area contributed by atoms with Crippen molar-refractivity contribution in [2.75, 3.05) is 18.4 Å². The van der Waals surface area contributed by atoms with E-state index in [4.69, 9.17) is 0 Å². The summed E-state index contributed by atoms with van der Waals surface area (Å²) in [5.41, 5.74) is 2.99. The molecular weight excluding hydrogens is 360 g/mol. The fourth-order valence-electron chi connectivity index (χ4n) is 3.68. The highest BCUT2D eigenvalue weighted by atomic mass is 16.2. The number of amides is 2. The SMILES string of the molecule is CC(C)(C)c1ccccc1NC(=O)C1CCN(C(=O)C=Cc2ccccc2)CC1. The average Bonchev–Trinajstić information content (AvgIpc) is 2.72. The van der Waals surface area contributed by atoms with E-state index in [1.165, 1.54) is 0 Å². The van der Waals surface area contributed by atoms with E-state index in [-0.39, 0.29) is 23.1 Å². The Morgan fingerprint density at radius 2 is 1.59 bits per heavy atom. The second kappa shape index (κ2) is 9.08. The molecule has 3 rings (SSSR count). The molecule has 152 valence electrons. The van der Waals surface area contributed by atoms with Crippen molar-refractivity contribution in [3.63, 3.8) is 0 Å². The molecule has 4 nitrogen and oxygen atoms in total. The Morgan fingerprint density at radius 1 is 0.966 bits per heavy atom. The van der Waals surface area contributed by atoms with Crippen molar-refractivity contribution >= 4 is 23.6 Å². The molecule has 0 radical (unpaired) electrons. The summed E-state index contributed by atoms with van der Waals surface area (Å²) >= 11 is 0. The molecule has 1 aliphatic rings. The second-order valence-corrected chi connectivity index (χ2v) is 8.63. The summed E-state index contributed by atoms with van der Waals surface area (Å²) in [4.78, 5) is 27.1. The highest BCUT2D eigenvalue weighted by molar-refractivity contribution is 5.94. The van der Waals surface area contributed by atoms with E-state index in [1.54, 1.807) is 6.08 Å². The van der Waals surface area contributed by atoms with Gasteiger partial charge < -0.3 is 10.2 Å². The number of hydrogen-bond acceptors (Lipinski definition) is 2. The van der Waals surface area contributed by atoms with Crippen LogP contribution in [0.1, 0.15) is 44.7 Å². The minimum Gasteiger partial charge on any atom is -0.339 e. The molecule has 0 bridgehead atoms. The van der Waals surface area contributed by atoms with E-state index >= 15 is 0 Å². The zero-order valence-electron chi connectivity index (χ0n) is 17.5. The molecule has 1 saturated heterocycles. The Balaban J connectivity index is 1.55. The van der Waals surface area contributed by atoms with E-state index in [2.05, 4.69) is 32.2 Å². The third kappa shape index (κ3) is 5.57. The van der Waals surface area contributed by atoms with Crippen LogP contribution in [0.5, 0.6) is 0 Å². The van der Waals surface area contributed by atoms with Crippen LogP contribution in [0.15, 0.2) is 60.7 Å². The number of rotatable bonds is 4. The molecule has 1 N–H and O–H groups in total. The van der Waals surface area contributed by atoms with Crippen LogP contribution in [-0.2, 0) is 15.0 Å². The van der Waals surface area contributed by atoms with E-state index < -0.39 is 0 Å². The van der Waals surface area contributed by atoms with Crippen LogP contribution in [0.2, 0.25) is 0 Å². The summed E-state index contributed by atoms with van der Waals surface area (Å²) < 4.78 is 0. The molecule has 0 unspecified atom stereocenters.